The van der Waals surface area contributed by atoms with Gasteiger partial charge in [-0.2, -0.15) is 0 Å². The Kier molecular flexibility index (Phi) is 3.92. The SMILES string of the molecule is C#CCC(=O)Nc1ccc(Cl)cc1C(=O)O. The number of aromatic carboxylic acids is 1. The summed E-state index contributed by atoms with van der Waals surface area (Å²) in [6.07, 6.45) is 4.85. The highest BCUT2D eigenvalue weighted by Crippen LogP contribution is 2.20. The summed E-state index contributed by atoms with van der Waals surface area (Å²) in [6.45, 7) is 0. The van der Waals surface area contributed by atoms with Crippen molar-refractivity contribution < 1.29 is 14.7 Å². The predicted molar refractivity (Wildman–Crippen MR) is 60.5 cm³/mol. The molecule has 0 fully saturated rings. The van der Waals surface area contributed by atoms with Crippen LogP contribution in [0.25, 0.3) is 0 Å². The molecule has 0 aliphatic heterocycles. The second-order valence-electron chi connectivity index (χ2n) is 2.92. The Hall–Kier alpha value is -1.99. The Morgan fingerprint density at radius 3 is 2.75 bits per heavy atom. The van der Waals surface area contributed by atoms with Crippen LogP contribution in [0.4, 0.5) is 5.69 Å². The van der Waals surface area contributed by atoms with Crippen molar-refractivity contribution >= 4 is 29.2 Å². The van der Waals surface area contributed by atoms with E-state index in [2.05, 4.69) is 11.2 Å². The molecule has 16 heavy (non-hydrogen) atoms. The normalized spacial score (nSPS) is 9.25. The number of hydrogen-bond acceptors (Lipinski definition) is 2. The van der Waals surface area contributed by atoms with Crippen molar-refractivity contribution in [3.05, 3.63) is 28.8 Å². The number of carbonyl (C=O) groups is 2. The highest BCUT2D eigenvalue weighted by atomic mass is 35.5. The molecule has 1 aromatic carbocycles. The van der Waals surface area contributed by atoms with Gasteiger partial charge in [0.25, 0.3) is 0 Å². The molecule has 5 heteroatoms. The van der Waals surface area contributed by atoms with Gasteiger partial charge in [-0.05, 0) is 18.2 Å². The van der Waals surface area contributed by atoms with E-state index in [1.54, 1.807) is 0 Å². The minimum Gasteiger partial charge on any atom is -0.478 e. The van der Waals surface area contributed by atoms with Gasteiger partial charge in [0.05, 0.1) is 17.7 Å². The number of nitrogens with one attached hydrogen (secondary N) is 1. The predicted octanol–water partition coefficient (Wildman–Crippen LogP) is 2.00. The standard InChI is InChI=1S/C11H8ClNO3/c1-2-3-10(14)13-9-5-4-7(12)6-8(9)11(15)16/h1,4-6H,3H2,(H,13,14)(H,15,16). The van der Waals surface area contributed by atoms with Crippen molar-refractivity contribution in [3.63, 3.8) is 0 Å². The number of carboxylic acids is 1. The first kappa shape index (κ1) is 12.1. The van der Waals surface area contributed by atoms with Crippen molar-refractivity contribution in [1.82, 2.24) is 0 Å². The highest BCUT2D eigenvalue weighted by Gasteiger charge is 2.12. The van der Waals surface area contributed by atoms with Crippen LogP contribution >= 0.6 is 11.6 Å². The summed E-state index contributed by atoms with van der Waals surface area (Å²) in [5, 5.41) is 11.6. The van der Waals surface area contributed by atoms with Crippen molar-refractivity contribution in [2.45, 2.75) is 6.42 Å². The summed E-state index contributed by atoms with van der Waals surface area (Å²) in [4.78, 5) is 22.1. The van der Waals surface area contributed by atoms with Crippen LogP contribution in [0.2, 0.25) is 5.02 Å². The van der Waals surface area contributed by atoms with E-state index in [9.17, 15) is 9.59 Å². The van der Waals surface area contributed by atoms with E-state index < -0.39 is 11.9 Å². The van der Waals surface area contributed by atoms with E-state index in [1.165, 1.54) is 18.2 Å². The first-order valence-electron chi connectivity index (χ1n) is 4.30. The zero-order valence-electron chi connectivity index (χ0n) is 8.16. The summed E-state index contributed by atoms with van der Waals surface area (Å²) in [7, 11) is 0. The molecule has 0 radical (unpaired) electrons. The van der Waals surface area contributed by atoms with Gasteiger partial charge >= 0.3 is 5.97 Å². The van der Waals surface area contributed by atoms with E-state index in [0.29, 0.717) is 0 Å². The van der Waals surface area contributed by atoms with Gasteiger partial charge in [0, 0.05) is 5.02 Å². The molecule has 0 saturated heterocycles. The number of rotatable bonds is 3. The molecule has 0 bridgehead atoms. The van der Waals surface area contributed by atoms with Crippen LogP contribution in [0.5, 0.6) is 0 Å². The lowest BCUT2D eigenvalue weighted by Crippen LogP contribution is -2.13. The zero-order chi connectivity index (χ0) is 12.1. The highest BCUT2D eigenvalue weighted by molar-refractivity contribution is 6.31. The molecule has 0 unspecified atom stereocenters. The van der Waals surface area contributed by atoms with Crippen LogP contribution in [0.3, 0.4) is 0 Å². The number of carboxylic acid groups (broad SMARTS) is 1. The molecule has 82 valence electrons. The van der Waals surface area contributed by atoms with Crippen LogP contribution in [0, 0.1) is 12.3 Å². The molecule has 0 aliphatic rings. The number of carbonyl (C=O) groups excluding carboxylic acids is 1. The van der Waals surface area contributed by atoms with Crippen molar-refractivity contribution in [2.75, 3.05) is 5.32 Å². The van der Waals surface area contributed by atoms with Crippen LogP contribution in [-0.4, -0.2) is 17.0 Å². The summed E-state index contributed by atoms with van der Waals surface area (Å²) in [6, 6.07) is 4.16. The van der Waals surface area contributed by atoms with E-state index in [-0.39, 0.29) is 22.7 Å². The first-order valence-corrected chi connectivity index (χ1v) is 4.68. The number of anilines is 1. The average Bonchev–Trinajstić information content (AvgIpc) is 2.20. The molecule has 0 atom stereocenters. The quantitative estimate of drug-likeness (QED) is 0.791. The maximum Gasteiger partial charge on any atom is 0.337 e. The van der Waals surface area contributed by atoms with Gasteiger partial charge in [0.15, 0.2) is 0 Å². The van der Waals surface area contributed by atoms with Crippen LogP contribution in [-0.2, 0) is 4.79 Å². The van der Waals surface area contributed by atoms with Gasteiger partial charge in [-0.1, -0.05) is 17.5 Å². The molecule has 1 amide bonds. The van der Waals surface area contributed by atoms with E-state index in [4.69, 9.17) is 23.1 Å². The van der Waals surface area contributed by atoms with Gasteiger partial charge in [-0.3, -0.25) is 4.79 Å². The van der Waals surface area contributed by atoms with Gasteiger partial charge in [0.1, 0.15) is 0 Å². The Morgan fingerprint density at radius 1 is 1.50 bits per heavy atom. The molecule has 2 N–H and O–H groups in total. The van der Waals surface area contributed by atoms with Crippen LogP contribution in [0.15, 0.2) is 18.2 Å². The van der Waals surface area contributed by atoms with Gasteiger partial charge in [0.2, 0.25) is 5.91 Å². The summed E-state index contributed by atoms with van der Waals surface area (Å²) in [5.74, 6) is 0.557. The smallest absolute Gasteiger partial charge is 0.337 e. The Bertz CT molecular complexity index is 477. The Labute approximate surface area is 97.2 Å². The lowest BCUT2D eigenvalue weighted by Gasteiger charge is -2.07. The number of hydrogen-bond donors (Lipinski definition) is 2. The molecule has 1 aromatic rings. The maximum absolute atomic E-state index is 11.2. The third kappa shape index (κ3) is 3.01. The second kappa shape index (κ2) is 5.19. The molecule has 0 saturated carbocycles. The average molecular weight is 238 g/mol. The molecule has 0 heterocycles. The topological polar surface area (TPSA) is 66.4 Å². The maximum atomic E-state index is 11.2. The minimum absolute atomic E-state index is 0.0714. The summed E-state index contributed by atoms with van der Waals surface area (Å²) in [5.41, 5.74) is 0.107. The van der Waals surface area contributed by atoms with Crippen molar-refractivity contribution in [2.24, 2.45) is 0 Å². The van der Waals surface area contributed by atoms with Gasteiger partial charge in [-0.25, -0.2) is 4.79 Å². The lowest BCUT2D eigenvalue weighted by molar-refractivity contribution is -0.115. The molecule has 1 rings (SSSR count). The Morgan fingerprint density at radius 2 is 2.19 bits per heavy atom. The number of terminal acetylenes is 1. The monoisotopic (exact) mass is 237 g/mol. The van der Waals surface area contributed by atoms with E-state index in [1.807, 2.05) is 0 Å². The summed E-state index contributed by atoms with van der Waals surface area (Å²) >= 11 is 5.65. The van der Waals surface area contributed by atoms with Crippen LogP contribution < -0.4 is 5.32 Å². The second-order valence-corrected chi connectivity index (χ2v) is 3.36. The number of benzene rings is 1. The van der Waals surface area contributed by atoms with E-state index >= 15 is 0 Å². The molecule has 4 nitrogen and oxygen atoms in total. The number of amides is 1. The fraction of sp³-hybridized carbons (Fsp3) is 0.0909. The minimum atomic E-state index is -1.17. The van der Waals surface area contributed by atoms with Crippen LogP contribution in [0.1, 0.15) is 16.8 Å². The lowest BCUT2D eigenvalue weighted by atomic mass is 10.1. The Balaban J connectivity index is 3.00. The summed E-state index contributed by atoms with van der Waals surface area (Å²) < 4.78 is 0. The fourth-order valence-electron chi connectivity index (χ4n) is 1.09. The van der Waals surface area contributed by atoms with Crippen molar-refractivity contribution in [1.29, 1.82) is 0 Å². The molecule has 0 spiro atoms. The van der Waals surface area contributed by atoms with Crippen molar-refractivity contribution in [3.8, 4) is 12.3 Å². The third-order valence-electron chi connectivity index (χ3n) is 1.75. The molecule has 0 aliphatic carbocycles. The molecular formula is C11H8ClNO3. The zero-order valence-corrected chi connectivity index (χ0v) is 8.91. The molecular weight excluding hydrogens is 230 g/mol. The third-order valence-corrected chi connectivity index (χ3v) is 1.98. The van der Waals surface area contributed by atoms with E-state index in [0.717, 1.165) is 0 Å². The largest absolute Gasteiger partial charge is 0.478 e. The fourth-order valence-corrected chi connectivity index (χ4v) is 1.26. The number of halogens is 1. The molecule has 0 aromatic heterocycles. The van der Waals surface area contributed by atoms with Gasteiger partial charge < -0.3 is 10.4 Å². The first-order chi connectivity index (χ1) is 7.54. The van der Waals surface area contributed by atoms with Gasteiger partial charge in [-0.15, -0.1) is 6.42 Å².